The molecule has 1 saturated carbocycles. The highest BCUT2D eigenvalue weighted by molar-refractivity contribution is 5.80. The second-order valence-corrected chi connectivity index (χ2v) is 9.04. The van der Waals surface area contributed by atoms with Crippen LogP contribution in [0.25, 0.3) is 22.5 Å². The number of hydrogen-bond acceptors (Lipinski definition) is 4. The van der Waals surface area contributed by atoms with Crippen LogP contribution in [0.5, 0.6) is 0 Å². The number of aromatic amines is 1. The first-order chi connectivity index (χ1) is 17.2. The average Bonchev–Trinajstić information content (AvgIpc) is 3.50. The normalized spacial score (nSPS) is 15.9. The molecular formula is C26H34F2N6O2. The Balaban J connectivity index is 0.000000303. The molecule has 1 fully saturated rings. The first kappa shape index (κ1) is 27.0. The molecule has 8 nitrogen and oxygen atoms in total. The number of benzene rings is 1. The van der Waals surface area contributed by atoms with Gasteiger partial charge in [0.15, 0.2) is 0 Å². The van der Waals surface area contributed by atoms with Crippen molar-refractivity contribution in [3.63, 3.8) is 0 Å². The molecule has 10 heteroatoms. The summed E-state index contributed by atoms with van der Waals surface area (Å²) in [6.07, 6.45) is 9.45. The summed E-state index contributed by atoms with van der Waals surface area (Å²) in [6.45, 7) is 0. The largest absolute Gasteiger partial charge is 0.370 e. The Kier molecular flexibility index (Phi) is 9.32. The molecule has 4 N–H and O–H groups in total. The van der Waals surface area contributed by atoms with Gasteiger partial charge in [-0.3, -0.25) is 14.3 Å². The van der Waals surface area contributed by atoms with Gasteiger partial charge in [0.05, 0.1) is 17.6 Å². The number of aryl methyl sites for hydroxylation is 2. The van der Waals surface area contributed by atoms with Crippen molar-refractivity contribution in [3.05, 3.63) is 48.5 Å². The summed E-state index contributed by atoms with van der Waals surface area (Å²) in [5.74, 6) is -3.58. The fourth-order valence-corrected chi connectivity index (χ4v) is 3.98. The number of unbranched alkanes of at least 4 members (excludes halogenated alkanes) is 3. The van der Waals surface area contributed by atoms with Crippen LogP contribution in [-0.4, -0.2) is 44.5 Å². The van der Waals surface area contributed by atoms with Gasteiger partial charge in [-0.25, -0.2) is 13.8 Å². The summed E-state index contributed by atoms with van der Waals surface area (Å²) in [5, 5.41) is 6.63. The van der Waals surface area contributed by atoms with Gasteiger partial charge in [-0.15, -0.1) is 0 Å². The van der Waals surface area contributed by atoms with Crippen molar-refractivity contribution < 1.29 is 18.4 Å². The summed E-state index contributed by atoms with van der Waals surface area (Å²) in [6, 6.07) is 10.3. The third kappa shape index (κ3) is 7.47. The number of nitrogens with zero attached hydrogens (tertiary/aromatic N) is 3. The van der Waals surface area contributed by atoms with E-state index in [1.54, 1.807) is 4.68 Å². The lowest BCUT2D eigenvalue weighted by Gasteiger charge is -2.34. The Labute approximate surface area is 209 Å². The zero-order chi connectivity index (χ0) is 26.1. The molecule has 1 aromatic carbocycles. The molecule has 3 aromatic rings. The lowest BCUT2D eigenvalue weighted by molar-refractivity contribution is -0.161. The number of amides is 2. The van der Waals surface area contributed by atoms with E-state index in [2.05, 4.69) is 44.6 Å². The maximum absolute atomic E-state index is 12.4. The Morgan fingerprint density at radius 3 is 2.36 bits per heavy atom. The van der Waals surface area contributed by atoms with Crippen LogP contribution in [0, 0.1) is 5.92 Å². The maximum Gasteiger partial charge on any atom is 0.259 e. The fraction of sp³-hybridized carbons (Fsp3) is 0.462. The molecule has 36 heavy (non-hydrogen) atoms. The number of imidazole rings is 1. The van der Waals surface area contributed by atoms with Gasteiger partial charge in [0.25, 0.3) is 5.92 Å². The standard InChI is InChI=1S/C20H25N5O.C6H9F2NO/c1-25-13-12-17(24-25)15-8-10-16(11-9-15)18-14-22-20(23-18)7-5-3-2-4-6-19(21)26;1-9-5(10)4-2-3-6(4,7)8/h8-14H,2-7H2,1H3,(H2,21,26)(H,22,23);4H,2-3H2,1H3,(H,9,10). The minimum atomic E-state index is -2.75. The number of H-pyrrole nitrogens is 1. The third-order valence-electron chi connectivity index (χ3n) is 6.26. The molecule has 0 spiro atoms. The second kappa shape index (κ2) is 12.4. The number of carbonyl (C=O) groups excluding carboxylic acids is 2. The molecule has 4 rings (SSSR count). The Bertz CT molecular complexity index is 1140. The predicted octanol–water partition coefficient (Wildman–Crippen LogP) is 4.23. The molecule has 1 atom stereocenters. The van der Waals surface area contributed by atoms with Crippen molar-refractivity contribution >= 4 is 11.8 Å². The van der Waals surface area contributed by atoms with Crippen LogP contribution in [0.3, 0.4) is 0 Å². The van der Waals surface area contributed by atoms with Crippen LogP contribution < -0.4 is 11.1 Å². The van der Waals surface area contributed by atoms with Crippen molar-refractivity contribution in [2.24, 2.45) is 18.7 Å². The Hall–Kier alpha value is -3.56. The molecule has 1 aliphatic rings. The zero-order valence-electron chi connectivity index (χ0n) is 20.8. The van der Waals surface area contributed by atoms with Crippen molar-refractivity contribution in [3.8, 4) is 22.5 Å². The van der Waals surface area contributed by atoms with Gasteiger partial charge in [-0.05, 0) is 30.9 Å². The smallest absolute Gasteiger partial charge is 0.259 e. The highest BCUT2D eigenvalue weighted by Crippen LogP contribution is 2.43. The zero-order valence-corrected chi connectivity index (χ0v) is 20.8. The van der Waals surface area contributed by atoms with Gasteiger partial charge in [0.2, 0.25) is 11.8 Å². The molecule has 0 saturated heterocycles. The van der Waals surface area contributed by atoms with E-state index in [1.807, 2.05) is 25.5 Å². The van der Waals surface area contributed by atoms with Crippen molar-refractivity contribution in [2.45, 2.75) is 57.3 Å². The van der Waals surface area contributed by atoms with Crippen LogP contribution in [0.4, 0.5) is 8.78 Å². The van der Waals surface area contributed by atoms with E-state index in [0.717, 1.165) is 60.4 Å². The Morgan fingerprint density at radius 2 is 1.83 bits per heavy atom. The molecule has 0 aliphatic heterocycles. The number of carbonyl (C=O) groups is 2. The van der Waals surface area contributed by atoms with Gasteiger partial charge < -0.3 is 16.0 Å². The van der Waals surface area contributed by atoms with Gasteiger partial charge in [-0.1, -0.05) is 37.1 Å². The number of alkyl halides is 2. The predicted molar refractivity (Wildman–Crippen MR) is 134 cm³/mol. The first-order valence-corrected chi connectivity index (χ1v) is 12.2. The van der Waals surface area contributed by atoms with E-state index in [9.17, 15) is 18.4 Å². The maximum atomic E-state index is 12.4. The van der Waals surface area contributed by atoms with E-state index < -0.39 is 17.7 Å². The summed E-state index contributed by atoms with van der Waals surface area (Å²) < 4.78 is 26.6. The van der Waals surface area contributed by atoms with Gasteiger partial charge >= 0.3 is 0 Å². The summed E-state index contributed by atoms with van der Waals surface area (Å²) in [7, 11) is 3.29. The van der Waals surface area contributed by atoms with Crippen LogP contribution in [-0.2, 0) is 23.1 Å². The number of nitrogens with one attached hydrogen (secondary N) is 2. The molecule has 2 amide bonds. The van der Waals surface area contributed by atoms with Crippen molar-refractivity contribution in [1.29, 1.82) is 0 Å². The lowest BCUT2D eigenvalue weighted by atomic mass is 9.80. The first-order valence-electron chi connectivity index (χ1n) is 12.2. The second-order valence-electron chi connectivity index (χ2n) is 9.04. The number of aromatic nitrogens is 4. The quantitative estimate of drug-likeness (QED) is 0.361. The van der Waals surface area contributed by atoms with Crippen molar-refractivity contribution in [1.82, 2.24) is 25.1 Å². The molecular weight excluding hydrogens is 466 g/mol. The SMILES string of the molecule is CNC(=O)C1CCC1(F)F.Cn1ccc(-c2ccc(-c3cnc(CCCCCCC(N)=O)[nH]3)cc2)n1. The molecule has 2 aromatic heterocycles. The minimum Gasteiger partial charge on any atom is -0.370 e. The summed E-state index contributed by atoms with van der Waals surface area (Å²) in [4.78, 5) is 29.2. The summed E-state index contributed by atoms with van der Waals surface area (Å²) in [5.41, 5.74) is 9.36. The minimum absolute atomic E-state index is 0.148. The van der Waals surface area contributed by atoms with E-state index in [4.69, 9.17) is 5.73 Å². The Morgan fingerprint density at radius 1 is 1.14 bits per heavy atom. The third-order valence-corrected chi connectivity index (χ3v) is 6.26. The van der Waals surface area contributed by atoms with E-state index >= 15 is 0 Å². The monoisotopic (exact) mass is 500 g/mol. The van der Waals surface area contributed by atoms with Gasteiger partial charge in [0, 0.05) is 45.1 Å². The highest BCUT2D eigenvalue weighted by atomic mass is 19.3. The highest BCUT2D eigenvalue weighted by Gasteiger charge is 2.52. The van der Waals surface area contributed by atoms with Gasteiger partial charge in [-0.2, -0.15) is 5.10 Å². The average molecular weight is 501 g/mol. The van der Waals surface area contributed by atoms with Crippen LogP contribution >= 0.6 is 0 Å². The number of primary amides is 1. The number of rotatable bonds is 10. The van der Waals surface area contributed by atoms with Crippen molar-refractivity contribution in [2.75, 3.05) is 7.05 Å². The molecule has 0 bridgehead atoms. The summed E-state index contributed by atoms with van der Waals surface area (Å²) >= 11 is 0. The molecule has 1 aliphatic carbocycles. The van der Waals surface area contributed by atoms with E-state index in [-0.39, 0.29) is 12.3 Å². The topological polar surface area (TPSA) is 119 Å². The molecule has 194 valence electrons. The van der Waals surface area contributed by atoms with Crippen LogP contribution in [0.15, 0.2) is 42.7 Å². The lowest BCUT2D eigenvalue weighted by Crippen LogP contribution is -2.47. The van der Waals surface area contributed by atoms with Crippen LogP contribution in [0.2, 0.25) is 0 Å². The van der Waals surface area contributed by atoms with E-state index in [1.165, 1.54) is 7.05 Å². The van der Waals surface area contributed by atoms with Crippen LogP contribution in [0.1, 0.15) is 50.8 Å². The van der Waals surface area contributed by atoms with Gasteiger partial charge in [0.1, 0.15) is 11.7 Å². The fourth-order valence-electron chi connectivity index (χ4n) is 3.98. The number of halogens is 2. The number of nitrogens with two attached hydrogens (primary N) is 1. The van der Waals surface area contributed by atoms with E-state index in [0.29, 0.717) is 12.8 Å². The number of hydrogen-bond donors (Lipinski definition) is 3. The molecule has 2 heterocycles. The molecule has 0 radical (unpaired) electrons. The molecule has 1 unspecified atom stereocenters.